The molecule has 5 rings (SSSR count). The summed E-state index contributed by atoms with van der Waals surface area (Å²) in [5.41, 5.74) is 0.480. The van der Waals surface area contributed by atoms with E-state index in [0.29, 0.717) is 31.8 Å². The number of likely N-dealkylation sites (N-methyl/N-ethyl adjacent to an activating group) is 2. The molecular formula is C61H90N10O13. The Hall–Kier alpha value is -7.40. The second-order valence-electron chi connectivity index (χ2n) is 23.7. The van der Waals surface area contributed by atoms with Crippen molar-refractivity contribution in [3.63, 3.8) is 0 Å². The Morgan fingerprint density at radius 1 is 0.798 bits per heavy atom. The molecule has 2 fully saturated rings. The van der Waals surface area contributed by atoms with Crippen LogP contribution in [-0.2, 0) is 66.2 Å². The fourth-order valence-electron chi connectivity index (χ4n) is 10.4. The van der Waals surface area contributed by atoms with Gasteiger partial charge in [0.2, 0.25) is 47.3 Å². The molecule has 1 aromatic heterocycles. The molecule has 84 heavy (non-hydrogen) atoms. The van der Waals surface area contributed by atoms with E-state index in [4.69, 9.17) is 9.47 Å². The summed E-state index contributed by atoms with van der Waals surface area (Å²) < 4.78 is 13.5. The van der Waals surface area contributed by atoms with Gasteiger partial charge in [-0.25, -0.2) is 0 Å². The van der Waals surface area contributed by atoms with Gasteiger partial charge in [0.25, 0.3) is 0 Å². The van der Waals surface area contributed by atoms with Crippen LogP contribution in [0, 0.1) is 27.9 Å². The van der Waals surface area contributed by atoms with Crippen molar-refractivity contribution < 1.29 is 57.9 Å². The lowest BCUT2D eigenvalue weighted by molar-refractivity contribution is -0.385. The Morgan fingerprint density at radius 2 is 1.38 bits per heavy atom. The number of allylic oxidation sites excluding steroid dienone is 1. The third kappa shape index (κ3) is 18.3. The van der Waals surface area contributed by atoms with Crippen molar-refractivity contribution in [3.8, 4) is 5.75 Å². The monoisotopic (exact) mass is 1170 g/mol. The van der Waals surface area contributed by atoms with E-state index in [9.17, 15) is 39.2 Å². The molecule has 8 amide bonds. The molecule has 2 saturated heterocycles. The Morgan fingerprint density at radius 3 is 2.01 bits per heavy atom. The van der Waals surface area contributed by atoms with Crippen molar-refractivity contribution in [1.82, 2.24) is 46.3 Å². The van der Waals surface area contributed by atoms with Crippen LogP contribution in [0.15, 0.2) is 60.8 Å². The zero-order chi connectivity index (χ0) is 62.2. The highest BCUT2D eigenvalue weighted by molar-refractivity contribution is 5.99. The first-order valence-electron chi connectivity index (χ1n) is 29.4. The molecule has 0 aliphatic carbocycles. The van der Waals surface area contributed by atoms with E-state index in [1.165, 1.54) is 32.0 Å². The molecule has 3 aromatic rings. The average Bonchev–Trinajstić information content (AvgIpc) is 2.21. The lowest BCUT2D eigenvalue weighted by Gasteiger charge is -2.33. The molecular weight excluding hydrogens is 1080 g/mol. The maximum Gasteiger partial charge on any atom is 0.310 e. The van der Waals surface area contributed by atoms with Gasteiger partial charge in [-0.3, -0.25) is 48.5 Å². The van der Waals surface area contributed by atoms with Gasteiger partial charge in [0.1, 0.15) is 48.4 Å². The zero-order valence-electron chi connectivity index (χ0n) is 51.0. The molecule has 2 unspecified atom stereocenters. The largest absolute Gasteiger partial charge is 0.502 e. The number of carbonyl (C=O) groups is 8. The quantitative estimate of drug-likeness (QED) is 0.0223. The Labute approximate surface area is 493 Å². The number of hydrogen-bond acceptors (Lipinski definition) is 13. The van der Waals surface area contributed by atoms with Gasteiger partial charge in [-0.05, 0) is 101 Å². The second kappa shape index (κ2) is 30.9. The highest BCUT2D eigenvalue weighted by Gasteiger charge is 2.43. The molecule has 0 radical (unpaired) electrons. The summed E-state index contributed by atoms with van der Waals surface area (Å²) in [4.78, 5) is 132. The number of aromatic hydroxyl groups is 1. The molecule has 0 bridgehead atoms. The minimum absolute atomic E-state index is 0.0394. The molecule has 462 valence electrons. The number of nitrogens with one attached hydrogen (secondary N) is 6. The van der Waals surface area contributed by atoms with Gasteiger partial charge in [0.05, 0.1) is 17.1 Å². The van der Waals surface area contributed by atoms with Gasteiger partial charge in [0, 0.05) is 75.8 Å². The minimum Gasteiger partial charge on any atom is -0.502 e. The molecule has 23 heteroatoms. The van der Waals surface area contributed by atoms with Gasteiger partial charge >= 0.3 is 5.69 Å². The molecule has 9 atom stereocenters. The fourth-order valence-corrected chi connectivity index (χ4v) is 10.4. The third-order valence-corrected chi connectivity index (χ3v) is 15.6. The van der Waals surface area contributed by atoms with Gasteiger partial charge in [0.15, 0.2) is 5.75 Å². The van der Waals surface area contributed by atoms with E-state index in [-0.39, 0.29) is 62.2 Å². The first kappa shape index (κ1) is 67.4. The first-order chi connectivity index (χ1) is 39.7. The maximum atomic E-state index is 15.5. The highest BCUT2D eigenvalue weighted by Crippen LogP contribution is 2.36. The van der Waals surface area contributed by atoms with E-state index in [1.54, 1.807) is 26.0 Å². The van der Waals surface area contributed by atoms with Gasteiger partial charge in [-0.15, -0.1) is 0 Å². The number of nitro groups is 1. The summed E-state index contributed by atoms with van der Waals surface area (Å²) >= 11 is 0. The van der Waals surface area contributed by atoms with Gasteiger partial charge in [-0.2, -0.15) is 0 Å². The van der Waals surface area contributed by atoms with E-state index in [2.05, 4.69) is 43.4 Å². The number of nitro benzene ring substituents is 1. The van der Waals surface area contributed by atoms with Crippen LogP contribution in [0.2, 0.25) is 0 Å². The van der Waals surface area contributed by atoms with E-state index < -0.39 is 124 Å². The molecule has 0 saturated carbocycles. The molecule has 0 spiro atoms. The van der Waals surface area contributed by atoms with Crippen molar-refractivity contribution in [2.75, 3.05) is 40.5 Å². The number of fused-ring (bicyclic) bond motifs is 1. The minimum atomic E-state index is -1.57. The van der Waals surface area contributed by atoms with E-state index >= 15 is 14.4 Å². The summed E-state index contributed by atoms with van der Waals surface area (Å²) in [7, 11) is 2.74. The number of epoxide rings is 1. The van der Waals surface area contributed by atoms with Crippen molar-refractivity contribution in [2.45, 2.75) is 181 Å². The lowest BCUT2D eigenvalue weighted by atomic mass is 9.97. The number of rotatable bonds is 23. The van der Waals surface area contributed by atoms with Crippen LogP contribution < -0.4 is 31.9 Å². The van der Waals surface area contributed by atoms with Crippen molar-refractivity contribution in [2.24, 2.45) is 17.8 Å². The SMILES string of the molecule is C/C=C/C[C@@H]1NC(=O)[C@H](CC(C)C)NC(=O)[C@H](CC(C)C(=O)NCCCOCCCC)N(C)C(=O)[C@H](C)NC(=O)[C@H](Cc2ccc(O)c([N+](=O)[O-])c2)NC(=O)[C@H](CC(C)C)N(C)C(=O)[C@H](Cc2cn(C(C)(C)C3CO3)c3ccccc23)NC1=O. The van der Waals surface area contributed by atoms with Crippen LogP contribution in [0.5, 0.6) is 5.75 Å². The topological polar surface area (TPSA) is 305 Å². The number of ether oxygens (including phenoxy) is 2. The summed E-state index contributed by atoms with van der Waals surface area (Å²) in [5.74, 6) is -7.90. The smallest absolute Gasteiger partial charge is 0.310 e. The Kier molecular flexibility index (Phi) is 24.8. The predicted molar refractivity (Wildman–Crippen MR) is 317 cm³/mol. The van der Waals surface area contributed by atoms with Crippen LogP contribution in [0.25, 0.3) is 10.9 Å². The molecule has 23 nitrogen and oxygen atoms in total. The van der Waals surface area contributed by atoms with Crippen LogP contribution >= 0.6 is 0 Å². The summed E-state index contributed by atoms with van der Waals surface area (Å²) in [6.45, 7) is 20.0. The number of unbranched alkanes of at least 4 members (excludes halogenated alkanes) is 1. The molecule has 7 N–H and O–H groups in total. The number of amides is 8. The van der Waals surface area contributed by atoms with Crippen LogP contribution in [0.3, 0.4) is 0 Å². The Balaban J connectivity index is 1.65. The maximum absolute atomic E-state index is 15.5. The summed E-state index contributed by atoms with van der Waals surface area (Å²) in [5, 5.41) is 40.0. The first-order valence-corrected chi connectivity index (χ1v) is 29.4. The molecule has 3 heterocycles. The number of aromatic nitrogens is 1. The lowest BCUT2D eigenvalue weighted by Crippen LogP contribution is -2.60. The van der Waals surface area contributed by atoms with Crippen LogP contribution in [0.1, 0.15) is 125 Å². The number of benzene rings is 2. The number of phenols is 1. The number of hydrogen-bond donors (Lipinski definition) is 7. The zero-order valence-corrected chi connectivity index (χ0v) is 51.0. The number of para-hydroxylation sites is 1. The van der Waals surface area contributed by atoms with E-state index in [1.807, 2.05) is 72.0 Å². The number of phenolic OH excluding ortho intramolecular Hbond substituents is 1. The van der Waals surface area contributed by atoms with Crippen molar-refractivity contribution in [3.05, 3.63) is 82.1 Å². The third-order valence-electron chi connectivity index (χ3n) is 15.6. The standard InChI is InChI=1S/C61H90N10O13/c1-13-15-21-43-54(74)67-46(33-41-34-70(61(9,10)52-35-84-52)47-22-18-17-20-42(41)47)60(80)69(12)49(29-37(5)6)57(77)66-45(31-40-23-24-51(72)48(32-40)71(81)82)55(75)63-39(8)59(79)68(11)50(58(78)65-44(28-36(3)4)56(76)64-43)30-38(7)53(73)62-25-19-27-83-26-16-14-2/h13,15,17-18,20,22-24,32,34,36-39,43-46,49-50,52,72H,14,16,19,21,25-31,33,35H2,1-12H3,(H,62,73)(H,63,75)(H,64,76)(H,65,78)(H,66,77)(H,67,74)/b15-13+/t38?,39-,43-,44-,45-,46-,49-,50-,52?/m0/s1. The van der Waals surface area contributed by atoms with Crippen molar-refractivity contribution >= 4 is 63.8 Å². The van der Waals surface area contributed by atoms with Gasteiger partial charge in [-0.1, -0.05) is 84.4 Å². The summed E-state index contributed by atoms with van der Waals surface area (Å²) in [6.07, 6.45) is 6.97. The molecule has 2 aliphatic heterocycles. The number of carbonyl (C=O) groups excluding carboxylic acids is 8. The molecule has 2 aliphatic rings. The Bertz CT molecular complexity index is 2850. The normalized spacial score (nSPS) is 23.2. The van der Waals surface area contributed by atoms with E-state index in [0.717, 1.165) is 40.8 Å². The molecule has 2 aromatic carbocycles. The van der Waals surface area contributed by atoms with Crippen LogP contribution in [0.4, 0.5) is 5.69 Å². The average molecular weight is 1170 g/mol. The fraction of sp³-hybridized carbons (Fsp3) is 0.607. The predicted octanol–water partition coefficient (Wildman–Crippen LogP) is 4.69. The van der Waals surface area contributed by atoms with Crippen LogP contribution in [-0.4, -0.2) is 161 Å². The van der Waals surface area contributed by atoms with Gasteiger partial charge < -0.3 is 60.8 Å². The second-order valence-corrected chi connectivity index (χ2v) is 23.7. The van der Waals surface area contributed by atoms with Crippen molar-refractivity contribution in [1.29, 1.82) is 0 Å². The number of nitrogens with zero attached hydrogens (tertiary/aromatic N) is 4. The summed E-state index contributed by atoms with van der Waals surface area (Å²) in [6, 6.07) is 1.40. The highest BCUT2D eigenvalue weighted by atomic mass is 16.6.